The molecule has 1 N–H and O–H groups in total. The highest BCUT2D eigenvalue weighted by Gasteiger charge is 2.15. The fraction of sp³-hybridized carbons (Fsp3) is 0.467. The number of hydrogen-bond donors (Lipinski definition) is 1. The summed E-state index contributed by atoms with van der Waals surface area (Å²) in [5.41, 5.74) is 0.910. The summed E-state index contributed by atoms with van der Waals surface area (Å²) in [6, 6.07) is 7.73. The standard InChI is InChI=1S/C15H18O2/c16-11-3-6-13-7-9-15(10-8-13)17-12-14-4-1-2-5-14/h7-10,14,16H,1-2,4-5,11-12H2. The Morgan fingerprint density at radius 2 is 1.88 bits per heavy atom. The fourth-order valence-corrected chi connectivity index (χ4v) is 2.17. The number of aliphatic hydroxyl groups is 1. The minimum Gasteiger partial charge on any atom is -0.493 e. The largest absolute Gasteiger partial charge is 0.493 e. The minimum atomic E-state index is -0.0973. The third kappa shape index (κ3) is 3.80. The molecule has 0 aliphatic heterocycles. The van der Waals surface area contributed by atoms with E-state index < -0.39 is 0 Å². The first-order valence-electron chi connectivity index (χ1n) is 6.21. The molecular formula is C15H18O2. The van der Waals surface area contributed by atoms with Crippen LogP contribution in [0.15, 0.2) is 24.3 Å². The molecule has 2 rings (SSSR count). The van der Waals surface area contributed by atoms with Gasteiger partial charge in [0.25, 0.3) is 0 Å². The van der Waals surface area contributed by atoms with Crippen LogP contribution in [0.3, 0.4) is 0 Å². The summed E-state index contributed by atoms with van der Waals surface area (Å²) in [5, 5.41) is 8.59. The summed E-state index contributed by atoms with van der Waals surface area (Å²) < 4.78 is 5.75. The molecule has 17 heavy (non-hydrogen) atoms. The smallest absolute Gasteiger partial charge is 0.119 e. The van der Waals surface area contributed by atoms with Crippen molar-refractivity contribution in [3.8, 4) is 17.6 Å². The van der Waals surface area contributed by atoms with Gasteiger partial charge < -0.3 is 9.84 Å². The van der Waals surface area contributed by atoms with Gasteiger partial charge in [-0.15, -0.1) is 0 Å². The van der Waals surface area contributed by atoms with Crippen LogP contribution in [0, 0.1) is 17.8 Å². The van der Waals surface area contributed by atoms with Gasteiger partial charge in [0.1, 0.15) is 12.4 Å². The average molecular weight is 230 g/mol. The second-order valence-corrected chi connectivity index (χ2v) is 4.45. The Morgan fingerprint density at radius 1 is 1.18 bits per heavy atom. The molecule has 0 atom stereocenters. The van der Waals surface area contributed by atoms with Gasteiger partial charge in [0.05, 0.1) is 6.61 Å². The Labute approximate surface area is 103 Å². The maximum atomic E-state index is 8.59. The van der Waals surface area contributed by atoms with E-state index in [0.717, 1.165) is 23.8 Å². The summed E-state index contributed by atoms with van der Waals surface area (Å²) in [4.78, 5) is 0. The Balaban J connectivity index is 1.84. The highest BCUT2D eigenvalue weighted by atomic mass is 16.5. The van der Waals surface area contributed by atoms with Crippen LogP contribution in [0.25, 0.3) is 0 Å². The van der Waals surface area contributed by atoms with Crippen LogP contribution in [-0.2, 0) is 0 Å². The predicted octanol–water partition coefficient (Wildman–Crippen LogP) is 2.60. The minimum absolute atomic E-state index is 0.0973. The molecule has 0 bridgehead atoms. The van der Waals surface area contributed by atoms with E-state index in [1.165, 1.54) is 25.7 Å². The molecule has 0 heterocycles. The molecular weight excluding hydrogens is 212 g/mol. The van der Waals surface area contributed by atoms with Crippen molar-refractivity contribution in [3.05, 3.63) is 29.8 Å². The van der Waals surface area contributed by atoms with E-state index in [1.807, 2.05) is 24.3 Å². The van der Waals surface area contributed by atoms with Gasteiger partial charge in [0.15, 0.2) is 0 Å². The quantitative estimate of drug-likeness (QED) is 0.809. The van der Waals surface area contributed by atoms with Crippen molar-refractivity contribution in [1.29, 1.82) is 0 Å². The Morgan fingerprint density at radius 3 is 2.53 bits per heavy atom. The molecule has 2 nitrogen and oxygen atoms in total. The lowest BCUT2D eigenvalue weighted by atomic mass is 10.1. The predicted molar refractivity (Wildman–Crippen MR) is 67.9 cm³/mol. The second-order valence-electron chi connectivity index (χ2n) is 4.45. The molecule has 1 aromatic carbocycles. The molecule has 1 aliphatic rings. The summed E-state index contributed by atoms with van der Waals surface area (Å²) in [6.45, 7) is 0.738. The first-order valence-corrected chi connectivity index (χ1v) is 6.21. The summed E-state index contributed by atoms with van der Waals surface area (Å²) in [6.07, 6.45) is 5.31. The van der Waals surface area contributed by atoms with Crippen molar-refractivity contribution in [2.45, 2.75) is 25.7 Å². The molecule has 90 valence electrons. The fourth-order valence-electron chi connectivity index (χ4n) is 2.17. The average Bonchev–Trinajstić information content (AvgIpc) is 2.88. The molecule has 0 amide bonds. The van der Waals surface area contributed by atoms with Crippen molar-refractivity contribution < 1.29 is 9.84 Å². The van der Waals surface area contributed by atoms with E-state index in [2.05, 4.69) is 11.8 Å². The highest BCUT2D eigenvalue weighted by Crippen LogP contribution is 2.25. The van der Waals surface area contributed by atoms with Gasteiger partial charge in [-0.1, -0.05) is 24.7 Å². The van der Waals surface area contributed by atoms with Gasteiger partial charge in [0.2, 0.25) is 0 Å². The lowest BCUT2D eigenvalue weighted by Gasteiger charge is -2.11. The SMILES string of the molecule is OCC#Cc1ccc(OCC2CCCC2)cc1. The van der Waals surface area contributed by atoms with Crippen LogP contribution < -0.4 is 4.74 Å². The molecule has 0 unspecified atom stereocenters. The normalized spacial score (nSPS) is 15.4. The van der Waals surface area contributed by atoms with E-state index in [4.69, 9.17) is 9.84 Å². The zero-order chi connectivity index (χ0) is 11.9. The van der Waals surface area contributed by atoms with E-state index >= 15 is 0 Å². The van der Waals surface area contributed by atoms with E-state index in [1.54, 1.807) is 0 Å². The first kappa shape index (κ1) is 12.0. The summed E-state index contributed by atoms with van der Waals surface area (Å²) in [7, 11) is 0. The van der Waals surface area contributed by atoms with Gasteiger partial charge in [-0.25, -0.2) is 0 Å². The zero-order valence-corrected chi connectivity index (χ0v) is 9.98. The van der Waals surface area contributed by atoms with E-state index in [9.17, 15) is 0 Å². The van der Waals surface area contributed by atoms with Crippen LogP contribution in [0.1, 0.15) is 31.2 Å². The molecule has 1 fully saturated rings. The zero-order valence-electron chi connectivity index (χ0n) is 9.98. The van der Waals surface area contributed by atoms with Crippen molar-refractivity contribution in [3.63, 3.8) is 0 Å². The Kier molecular flexibility index (Phi) is 4.46. The number of hydrogen-bond acceptors (Lipinski definition) is 2. The van der Waals surface area contributed by atoms with Crippen LogP contribution in [-0.4, -0.2) is 18.3 Å². The summed E-state index contributed by atoms with van der Waals surface area (Å²) in [5.74, 6) is 7.14. The lowest BCUT2D eigenvalue weighted by molar-refractivity contribution is 0.252. The first-order chi connectivity index (χ1) is 8.38. The molecule has 0 radical (unpaired) electrons. The molecule has 1 aromatic rings. The van der Waals surface area contributed by atoms with E-state index in [0.29, 0.717) is 0 Å². The van der Waals surface area contributed by atoms with Gasteiger partial charge in [-0.3, -0.25) is 0 Å². The van der Waals surface area contributed by atoms with Gasteiger partial charge >= 0.3 is 0 Å². The number of benzene rings is 1. The van der Waals surface area contributed by atoms with Crippen molar-refractivity contribution >= 4 is 0 Å². The van der Waals surface area contributed by atoms with Gasteiger partial charge in [-0.05, 0) is 43.0 Å². The lowest BCUT2D eigenvalue weighted by Crippen LogP contribution is -2.07. The number of rotatable bonds is 3. The molecule has 0 spiro atoms. The maximum Gasteiger partial charge on any atom is 0.119 e. The van der Waals surface area contributed by atoms with Crippen molar-refractivity contribution in [1.82, 2.24) is 0 Å². The molecule has 1 saturated carbocycles. The van der Waals surface area contributed by atoms with E-state index in [-0.39, 0.29) is 6.61 Å². The van der Waals surface area contributed by atoms with Crippen LogP contribution in [0.4, 0.5) is 0 Å². The van der Waals surface area contributed by atoms with Gasteiger partial charge in [-0.2, -0.15) is 0 Å². The molecule has 0 saturated heterocycles. The number of aliphatic hydroxyl groups excluding tert-OH is 1. The third-order valence-corrected chi connectivity index (χ3v) is 3.13. The molecule has 0 aromatic heterocycles. The molecule has 2 heteroatoms. The topological polar surface area (TPSA) is 29.5 Å². The monoisotopic (exact) mass is 230 g/mol. The number of ether oxygens (including phenoxy) is 1. The highest BCUT2D eigenvalue weighted by molar-refractivity contribution is 5.38. The Hall–Kier alpha value is -1.46. The van der Waals surface area contributed by atoms with Crippen LogP contribution in [0.5, 0.6) is 5.75 Å². The van der Waals surface area contributed by atoms with Gasteiger partial charge in [0, 0.05) is 5.56 Å². The second kappa shape index (κ2) is 6.32. The van der Waals surface area contributed by atoms with Crippen molar-refractivity contribution in [2.24, 2.45) is 5.92 Å². The van der Waals surface area contributed by atoms with Crippen molar-refractivity contribution in [2.75, 3.05) is 13.2 Å². The molecule has 1 aliphatic carbocycles. The van der Waals surface area contributed by atoms with Crippen LogP contribution >= 0.6 is 0 Å². The third-order valence-electron chi connectivity index (χ3n) is 3.13. The summed E-state index contributed by atoms with van der Waals surface area (Å²) >= 11 is 0. The van der Waals surface area contributed by atoms with Crippen LogP contribution in [0.2, 0.25) is 0 Å². The maximum absolute atomic E-state index is 8.59. The Bertz CT molecular complexity index is 391.